The van der Waals surface area contributed by atoms with E-state index in [2.05, 4.69) is 32.1 Å². The molecule has 0 unspecified atom stereocenters. The van der Waals surface area contributed by atoms with Crippen LogP contribution < -0.4 is 0 Å². The van der Waals surface area contributed by atoms with E-state index in [1.54, 1.807) is 25.3 Å². The van der Waals surface area contributed by atoms with E-state index < -0.39 is 18.7 Å². The van der Waals surface area contributed by atoms with Crippen LogP contribution in [0.5, 0.6) is 0 Å². The number of aliphatic hydroxyl groups excluding tert-OH is 2. The smallest absolute Gasteiger partial charge is 0.336 e. The second-order valence-electron chi connectivity index (χ2n) is 8.93. The van der Waals surface area contributed by atoms with Crippen molar-refractivity contribution < 1.29 is 24.5 Å². The maximum atomic E-state index is 12.6. The lowest BCUT2D eigenvalue weighted by atomic mass is 9.89. The van der Waals surface area contributed by atoms with Crippen molar-refractivity contribution in [3.8, 4) is 0 Å². The van der Waals surface area contributed by atoms with Crippen molar-refractivity contribution in [1.29, 1.82) is 0 Å². The zero-order valence-electron chi connectivity index (χ0n) is 20.8. The summed E-state index contributed by atoms with van der Waals surface area (Å²) in [5.41, 5.74) is 3.26. The Morgan fingerprint density at radius 1 is 1.19 bits per heavy atom. The normalized spacial score (nSPS) is 34.5. The third-order valence-electron chi connectivity index (χ3n) is 5.92. The molecule has 1 aliphatic rings. The number of hydrogen-bond acceptors (Lipinski definition) is 5. The number of carbonyl (C=O) groups excluding carboxylic acids is 1. The van der Waals surface area contributed by atoms with Crippen molar-refractivity contribution in [2.45, 2.75) is 79.1 Å². The summed E-state index contributed by atoms with van der Waals surface area (Å²) in [5.74, 6) is -0.239. The number of cyclic esters (lactones) is 1. The summed E-state index contributed by atoms with van der Waals surface area (Å²) in [7, 11) is 1.72. The van der Waals surface area contributed by atoms with Crippen LogP contribution in [0.2, 0.25) is 0 Å². The van der Waals surface area contributed by atoms with Gasteiger partial charge in [-0.2, -0.15) is 0 Å². The first-order valence-electron chi connectivity index (χ1n) is 11.6. The monoisotopic (exact) mass is 446 g/mol. The Morgan fingerprint density at radius 2 is 1.88 bits per heavy atom. The SMILES string of the molecule is CC[C@H]1/C=C(\C)[C@@H](O)C/C=C/C=C(\CO)C(=O)O[C@H](C(C)C)C/C=C(C)/C=C(\C)[C@@H]1OC. The highest BCUT2D eigenvalue weighted by atomic mass is 16.5. The molecule has 180 valence electrons. The van der Waals surface area contributed by atoms with Crippen LogP contribution in [-0.2, 0) is 14.3 Å². The molecule has 0 spiro atoms. The highest BCUT2D eigenvalue weighted by Crippen LogP contribution is 2.25. The van der Waals surface area contributed by atoms with Gasteiger partial charge in [0, 0.05) is 19.4 Å². The molecule has 0 bridgehead atoms. The van der Waals surface area contributed by atoms with E-state index in [-0.39, 0.29) is 29.6 Å². The fraction of sp³-hybridized carbons (Fsp3) is 0.593. The first-order chi connectivity index (χ1) is 15.1. The third-order valence-corrected chi connectivity index (χ3v) is 5.92. The minimum Gasteiger partial charge on any atom is -0.458 e. The predicted octanol–water partition coefficient (Wildman–Crippen LogP) is 5.06. The number of hydrogen-bond donors (Lipinski definition) is 2. The topological polar surface area (TPSA) is 76.0 Å². The summed E-state index contributed by atoms with van der Waals surface area (Å²) in [6.07, 6.45) is 12.2. The summed E-state index contributed by atoms with van der Waals surface area (Å²) >= 11 is 0. The molecular formula is C27H42O5. The molecule has 0 saturated carbocycles. The summed E-state index contributed by atoms with van der Waals surface area (Å²) in [6, 6.07) is 0. The average molecular weight is 447 g/mol. The molecule has 2 N–H and O–H groups in total. The Labute approximate surface area is 194 Å². The van der Waals surface area contributed by atoms with E-state index in [9.17, 15) is 15.0 Å². The molecule has 0 aromatic rings. The van der Waals surface area contributed by atoms with Crippen LogP contribution in [0.3, 0.4) is 0 Å². The molecule has 0 saturated heterocycles. The third kappa shape index (κ3) is 8.89. The Kier molecular flexibility index (Phi) is 12.5. The van der Waals surface area contributed by atoms with Crippen LogP contribution in [0.25, 0.3) is 0 Å². The quantitative estimate of drug-likeness (QED) is 0.466. The number of esters is 1. The highest BCUT2D eigenvalue weighted by Gasteiger charge is 2.22. The van der Waals surface area contributed by atoms with E-state index in [0.717, 1.165) is 23.1 Å². The molecule has 4 atom stereocenters. The van der Waals surface area contributed by atoms with Gasteiger partial charge in [-0.3, -0.25) is 0 Å². The van der Waals surface area contributed by atoms with E-state index in [1.165, 1.54) is 0 Å². The van der Waals surface area contributed by atoms with Crippen LogP contribution in [-0.4, -0.2) is 48.2 Å². The van der Waals surface area contributed by atoms with Crippen LogP contribution in [0, 0.1) is 11.8 Å². The van der Waals surface area contributed by atoms with E-state index in [4.69, 9.17) is 9.47 Å². The molecule has 0 aliphatic carbocycles. The molecule has 1 heterocycles. The van der Waals surface area contributed by atoms with Crippen molar-refractivity contribution in [3.05, 3.63) is 58.7 Å². The first-order valence-corrected chi connectivity index (χ1v) is 11.6. The van der Waals surface area contributed by atoms with Crippen molar-refractivity contribution in [2.24, 2.45) is 11.8 Å². The number of methoxy groups -OCH3 is 1. The molecule has 0 aromatic heterocycles. The fourth-order valence-electron chi connectivity index (χ4n) is 3.80. The van der Waals surface area contributed by atoms with Gasteiger partial charge in [-0.25, -0.2) is 4.79 Å². The van der Waals surface area contributed by atoms with E-state index in [0.29, 0.717) is 12.8 Å². The second kappa shape index (κ2) is 14.2. The van der Waals surface area contributed by atoms with Gasteiger partial charge < -0.3 is 19.7 Å². The standard InChI is InChI=1S/C27H42O5/c1-8-22-16-20(5)24(29)12-10-9-11-23(17-28)27(30)32-25(18(2)3)14-13-19(4)15-21(6)26(22)31-7/h9-11,13,15-16,18,22,24-26,28-29H,8,12,14,17H2,1-7H3/b10-9+,19-13+,20-16+,21-15+,23-11+/t22-,24-,25-,26-/m0/s1. The number of carbonyl (C=O) groups is 1. The lowest BCUT2D eigenvalue weighted by Crippen LogP contribution is -2.25. The maximum absolute atomic E-state index is 12.6. The molecule has 1 aliphatic heterocycles. The summed E-state index contributed by atoms with van der Waals surface area (Å²) < 4.78 is 11.5. The summed E-state index contributed by atoms with van der Waals surface area (Å²) in [4.78, 5) is 12.6. The largest absolute Gasteiger partial charge is 0.458 e. The van der Waals surface area contributed by atoms with Crippen molar-refractivity contribution >= 4 is 5.97 Å². The Balaban J connectivity index is 3.41. The lowest BCUT2D eigenvalue weighted by Gasteiger charge is -2.25. The van der Waals surface area contributed by atoms with Crippen molar-refractivity contribution in [2.75, 3.05) is 13.7 Å². The van der Waals surface area contributed by atoms with Gasteiger partial charge in [0.2, 0.25) is 0 Å². The van der Waals surface area contributed by atoms with Crippen LogP contribution >= 0.6 is 0 Å². The summed E-state index contributed by atoms with van der Waals surface area (Å²) in [5, 5.41) is 20.2. The molecule has 0 fully saturated rings. The Hall–Kier alpha value is -1.95. The number of rotatable bonds is 4. The van der Waals surface area contributed by atoms with Crippen LogP contribution in [0.1, 0.15) is 60.8 Å². The second-order valence-corrected chi connectivity index (χ2v) is 8.93. The molecule has 0 aromatic carbocycles. The van der Waals surface area contributed by atoms with Crippen molar-refractivity contribution in [3.63, 3.8) is 0 Å². The molecule has 0 radical (unpaired) electrons. The average Bonchev–Trinajstić information content (AvgIpc) is 2.74. The summed E-state index contributed by atoms with van der Waals surface area (Å²) in [6.45, 7) is 11.8. The van der Waals surface area contributed by atoms with E-state index in [1.807, 2.05) is 27.7 Å². The Morgan fingerprint density at radius 3 is 2.44 bits per heavy atom. The molecule has 5 nitrogen and oxygen atoms in total. The van der Waals surface area contributed by atoms with Crippen molar-refractivity contribution in [1.82, 2.24) is 0 Å². The first kappa shape index (κ1) is 28.1. The fourth-order valence-corrected chi connectivity index (χ4v) is 3.80. The molecule has 0 amide bonds. The van der Waals surface area contributed by atoms with Gasteiger partial charge in [-0.1, -0.05) is 56.7 Å². The minimum atomic E-state index is -0.633. The van der Waals surface area contributed by atoms with Gasteiger partial charge in [0.15, 0.2) is 0 Å². The molecule has 5 heteroatoms. The number of allylic oxidation sites excluding steroid dienone is 4. The molecule has 1 rings (SSSR count). The van der Waals surface area contributed by atoms with Gasteiger partial charge in [0.25, 0.3) is 0 Å². The Bertz CT molecular complexity index is 754. The van der Waals surface area contributed by atoms with Crippen LogP contribution in [0.4, 0.5) is 0 Å². The van der Waals surface area contributed by atoms with Gasteiger partial charge >= 0.3 is 5.97 Å². The number of aliphatic hydroxyl groups is 2. The van der Waals surface area contributed by atoms with Gasteiger partial charge in [0.1, 0.15) is 6.10 Å². The molecule has 32 heavy (non-hydrogen) atoms. The number of ether oxygens (including phenoxy) is 2. The minimum absolute atomic E-state index is 0.0892. The van der Waals surface area contributed by atoms with Crippen LogP contribution in [0.15, 0.2) is 58.7 Å². The zero-order valence-corrected chi connectivity index (χ0v) is 20.8. The van der Waals surface area contributed by atoms with E-state index >= 15 is 0 Å². The maximum Gasteiger partial charge on any atom is 0.336 e. The molecular weight excluding hydrogens is 404 g/mol. The predicted molar refractivity (Wildman–Crippen MR) is 130 cm³/mol. The highest BCUT2D eigenvalue weighted by molar-refractivity contribution is 5.89. The van der Waals surface area contributed by atoms with Gasteiger partial charge in [-0.05, 0) is 56.8 Å². The zero-order chi connectivity index (χ0) is 24.3. The van der Waals surface area contributed by atoms with Gasteiger partial charge in [-0.15, -0.1) is 0 Å². The van der Waals surface area contributed by atoms with Gasteiger partial charge in [0.05, 0.1) is 24.4 Å². The lowest BCUT2D eigenvalue weighted by molar-refractivity contribution is -0.146.